The molecular formula is C38H49N2O7PS. The third-order valence-corrected chi connectivity index (χ3v) is 11.5. The Balaban J connectivity index is 1.22. The van der Waals surface area contributed by atoms with Gasteiger partial charge in [0.1, 0.15) is 43.4 Å². The normalized spacial score (nSPS) is 13.0. The van der Waals surface area contributed by atoms with Gasteiger partial charge in [-0.15, -0.1) is 0 Å². The molecule has 0 aromatic heterocycles. The molecule has 9 nitrogen and oxygen atoms in total. The number of aryl methyl sites for hydroxylation is 2. The first-order chi connectivity index (χ1) is 23.5. The Kier molecular flexibility index (Phi) is 14.6. The fraction of sp³-hybridized carbons (Fsp3) is 0.368. The van der Waals surface area contributed by atoms with Gasteiger partial charge in [0.15, 0.2) is 0 Å². The number of aromatic hydroxyl groups is 1. The van der Waals surface area contributed by atoms with Crippen LogP contribution in [0.1, 0.15) is 36.5 Å². The number of hydrogen-bond acceptors (Lipinski definition) is 8. The Morgan fingerprint density at radius 3 is 1.92 bits per heavy atom. The summed E-state index contributed by atoms with van der Waals surface area (Å²) in [6, 6.07) is 32.8. The maximum atomic E-state index is 14.1. The van der Waals surface area contributed by atoms with E-state index in [1.165, 1.54) is 29.3 Å². The molecule has 0 spiro atoms. The highest BCUT2D eigenvalue weighted by Crippen LogP contribution is 2.47. The first kappa shape index (κ1) is 38.0. The first-order valence-corrected chi connectivity index (χ1v) is 20.8. The van der Waals surface area contributed by atoms with Gasteiger partial charge in [0.25, 0.3) is 0 Å². The van der Waals surface area contributed by atoms with Gasteiger partial charge in [-0.1, -0.05) is 72.8 Å². The molecule has 49 heavy (non-hydrogen) atoms. The molecule has 4 aromatic rings. The number of aliphatic hydroxyl groups excluding tert-OH is 1. The third kappa shape index (κ3) is 14.3. The summed E-state index contributed by atoms with van der Waals surface area (Å²) in [5.41, 5.74) is 3.62. The smallest absolute Gasteiger partial charge is 0.229 e. The minimum atomic E-state index is -3.57. The van der Waals surface area contributed by atoms with Gasteiger partial charge in [-0.05, 0) is 80.0 Å². The average molecular weight is 709 g/mol. The lowest BCUT2D eigenvalue weighted by Crippen LogP contribution is -2.37. The van der Waals surface area contributed by atoms with E-state index in [1.807, 2.05) is 67.6 Å². The number of sulfonamides is 1. The molecule has 0 heterocycles. The van der Waals surface area contributed by atoms with Crippen molar-refractivity contribution in [1.29, 1.82) is 0 Å². The molecule has 0 amide bonds. The van der Waals surface area contributed by atoms with Crippen molar-refractivity contribution in [1.82, 2.24) is 5.32 Å². The summed E-state index contributed by atoms with van der Waals surface area (Å²) in [4.78, 5) is 0. The van der Waals surface area contributed by atoms with Crippen molar-refractivity contribution in [2.24, 2.45) is 0 Å². The van der Waals surface area contributed by atoms with Crippen LogP contribution in [0.2, 0.25) is 0 Å². The quantitative estimate of drug-likeness (QED) is 0.0556. The Morgan fingerprint density at radius 2 is 1.35 bits per heavy atom. The highest BCUT2D eigenvalue weighted by Gasteiger charge is 2.23. The van der Waals surface area contributed by atoms with Crippen LogP contribution in [0.25, 0.3) is 0 Å². The van der Waals surface area contributed by atoms with Crippen LogP contribution in [0.15, 0.2) is 103 Å². The minimum Gasteiger partial charge on any atom is -0.506 e. The molecule has 264 valence electrons. The van der Waals surface area contributed by atoms with Crippen LogP contribution >= 0.6 is 7.14 Å². The number of phenolic OH excluding ortho intramolecular Hbond substituents is 1. The van der Waals surface area contributed by atoms with E-state index in [0.29, 0.717) is 30.4 Å². The lowest BCUT2D eigenvalue weighted by Gasteiger charge is -2.20. The Morgan fingerprint density at radius 1 is 0.776 bits per heavy atom. The highest BCUT2D eigenvalue weighted by molar-refractivity contribution is 7.92. The molecule has 0 aliphatic carbocycles. The number of anilines is 1. The van der Waals surface area contributed by atoms with Crippen LogP contribution in [-0.2, 0) is 33.9 Å². The largest absolute Gasteiger partial charge is 0.506 e. The van der Waals surface area contributed by atoms with E-state index in [1.54, 1.807) is 0 Å². The SMILES string of the molecule is CC(Cc1ccc(OCP(=O)(CCCc2ccccc2)CCCc2ccccc2)cc1)NCC(O)COc1ccc(O)c(NS(C)(=O)=O)c1. The van der Waals surface area contributed by atoms with E-state index in [9.17, 15) is 23.2 Å². The Labute approximate surface area is 291 Å². The molecule has 0 radical (unpaired) electrons. The van der Waals surface area contributed by atoms with Crippen LogP contribution in [0.3, 0.4) is 0 Å². The zero-order chi connectivity index (χ0) is 35.1. The highest BCUT2D eigenvalue weighted by atomic mass is 32.2. The van der Waals surface area contributed by atoms with Gasteiger partial charge >= 0.3 is 0 Å². The van der Waals surface area contributed by atoms with Crippen LogP contribution in [0, 0.1) is 0 Å². The van der Waals surface area contributed by atoms with Crippen molar-refractivity contribution in [2.45, 2.75) is 51.2 Å². The first-order valence-electron chi connectivity index (χ1n) is 16.7. The number of phenols is 1. The molecule has 0 aliphatic heterocycles. The van der Waals surface area contributed by atoms with Gasteiger partial charge in [-0.2, -0.15) is 0 Å². The second-order valence-corrected chi connectivity index (χ2v) is 17.6. The Bertz CT molecular complexity index is 1670. The molecule has 0 saturated heterocycles. The number of benzene rings is 4. The third-order valence-electron chi connectivity index (χ3n) is 8.09. The van der Waals surface area contributed by atoms with E-state index < -0.39 is 23.3 Å². The van der Waals surface area contributed by atoms with Crippen molar-refractivity contribution in [3.8, 4) is 17.2 Å². The monoisotopic (exact) mass is 708 g/mol. The van der Waals surface area contributed by atoms with Gasteiger partial charge in [-0.3, -0.25) is 4.72 Å². The fourth-order valence-electron chi connectivity index (χ4n) is 5.49. The number of ether oxygens (including phenoxy) is 2. The summed E-state index contributed by atoms with van der Waals surface area (Å²) in [5, 5.41) is 23.6. The summed E-state index contributed by atoms with van der Waals surface area (Å²) in [6.07, 6.45) is 5.98. The predicted octanol–water partition coefficient (Wildman–Crippen LogP) is 6.69. The van der Waals surface area contributed by atoms with Crippen LogP contribution < -0.4 is 19.5 Å². The van der Waals surface area contributed by atoms with E-state index >= 15 is 0 Å². The topological polar surface area (TPSA) is 134 Å². The molecular weight excluding hydrogens is 659 g/mol. The maximum Gasteiger partial charge on any atom is 0.229 e. The van der Waals surface area contributed by atoms with E-state index in [4.69, 9.17) is 9.47 Å². The lowest BCUT2D eigenvalue weighted by atomic mass is 10.1. The van der Waals surface area contributed by atoms with Gasteiger partial charge in [0, 0.05) is 31.0 Å². The van der Waals surface area contributed by atoms with E-state index in [0.717, 1.165) is 43.9 Å². The summed E-state index contributed by atoms with van der Waals surface area (Å²) in [7, 11) is -6.12. The Hall–Kier alpha value is -3.82. The molecule has 2 unspecified atom stereocenters. The van der Waals surface area contributed by atoms with Crippen LogP contribution in [0.4, 0.5) is 5.69 Å². The second-order valence-electron chi connectivity index (χ2n) is 12.6. The van der Waals surface area contributed by atoms with Crippen LogP contribution in [0.5, 0.6) is 17.2 Å². The number of hydrogen-bond donors (Lipinski definition) is 4. The van der Waals surface area contributed by atoms with Gasteiger partial charge in [-0.25, -0.2) is 8.42 Å². The molecule has 0 saturated carbocycles. The van der Waals surface area contributed by atoms with Gasteiger partial charge in [0.05, 0.1) is 11.9 Å². The maximum absolute atomic E-state index is 14.1. The van der Waals surface area contributed by atoms with E-state index in [2.05, 4.69) is 34.3 Å². The molecule has 0 aliphatic rings. The summed E-state index contributed by atoms with van der Waals surface area (Å²) >= 11 is 0. The molecule has 11 heteroatoms. The van der Waals surface area contributed by atoms with Crippen molar-refractivity contribution in [3.05, 3.63) is 120 Å². The van der Waals surface area contributed by atoms with Crippen LogP contribution in [-0.4, -0.2) is 68.9 Å². The lowest BCUT2D eigenvalue weighted by molar-refractivity contribution is 0.104. The zero-order valence-corrected chi connectivity index (χ0v) is 30.0. The molecule has 4 N–H and O–H groups in total. The van der Waals surface area contributed by atoms with Crippen molar-refractivity contribution in [2.75, 3.05) is 42.8 Å². The van der Waals surface area contributed by atoms with Crippen molar-refractivity contribution >= 4 is 22.9 Å². The number of rotatable bonds is 21. The molecule has 4 aromatic carbocycles. The number of aliphatic hydroxyl groups is 1. The second kappa shape index (κ2) is 18.8. The average Bonchev–Trinajstić information content (AvgIpc) is 3.08. The predicted molar refractivity (Wildman–Crippen MR) is 198 cm³/mol. The fourth-order valence-corrected chi connectivity index (χ4v) is 8.39. The van der Waals surface area contributed by atoms with Crippen molar-refractivity contribution < 1.29 is 32.7 Å². The standard InChI is InChI=1S/C38H49N2O7PS/c1-30(39-27-34(41)28-46-36-21-22-38(42)37(26-36)40-49(2,44)45)25-33-17-19-35(20-18-33)47-29-48(43,23-9-15-31-11-5-3-6-12-31)24-10-16-32-13-7-4-8-14-32/h3-8,11-14,17-22,26,30,34,39-42H,9-10,15-16,23-25,27-29H2,1-2H3. The minimum absolute atomic E-state index is 0.00402. The zero-order valence-electron chi connectivity index (χ0n) is 28.3. The van der Waals surface area contributed by atoms with Gasteiger partial charge in [0.2, 0.25) is 10.0 Å². The van der Waals surface area contributed by atoms with E-state index in [-0.39, 0.29) is 30.4 Å². The molecule has 4 rings (SSSR count). The summed E-state index contributed by atoms with van der Waals surface area (Å²) < 4.78 is 51.1. The summed E-state index contributed by atoms with van der Waals surface area (Å²) in [5.74, 6) is 0.791. The summed E-state index contributed by atoms with van der Waals surface area (Å²) in [6.45, 7) is 2.30. The molecule has 0 fully saturated rings. The van der Waals surface area contributed by atoms with Crippen molar-refractivity contribution in [3.63, 3.8) is 0 Å². The number of nitrogens with one attached hydrogen (secondary N) is 2. The molecule has 0 bridgehead atoms. The van der Waals surface area contributed by atoms with Gasteiger partial charge < -0.3 is 29.6 Å². The molecule has 2 atom stereocenters.